The fourth-order valence-corrected chi connectivity index (χ4v) is 4.39. The summed E-state index contributed by atoms with van der Waals surface area (Å²) in [6.45, 7) is 6.02. The third kappa shape index (κ3) is 4.89. The van der Waals surface area contributed by atoms with Gasteiger partial charge in [0.1, 0.15) is 11.6 Å². The number of para-hydroxylation sites is 1. The lowest BCUT2D eigenvalue weighted by Gasteiger charge is -2.27. The van der Waals surface area contributed by atoms with Crippen LogP contribution in [0.1, 0.15) is 60.0 Å². The molecular formula is C30H33N3O3. The standard InChI is InChI=1S/C30H33N3O3/c1-6-7-10-22-14-16-23(17-15-22)29(34)32(4)21(3)28-31-25-12-9-8-11-24(25)30(35)33(28)26-19-20(2)13-18-27(26)36-5/h8-9,11-19,21H,6-7,10H2,1-5H3. The summed E-state index contributed by atoms with van der Waals surface area (Å²) in [5, 5.41) is 0.508. The molecule has 0 spiro atoms. The lowest BCUT2D eigenvalue weighted by atomic mass is 10.1. The number of amides is 1. The summed E-state index contributed by atoms with van der Waals surface area (Å²) >= 11 is 0. The minimum absolute atomic E-state index is 0.130. The summed E-state index contributed by atoms with van der Waals surface area (Å²) in [6.07, 6.45) is 3.26. The maximum absolute atomic E-state index is 13.8. The second-order valence-corrected chi connectivity index (χ2v) is 9.20. The average molecular weight is 484 g/mol. The Hall–Kier alpha value is -3.93. The molecule has 0 fully saturated rings. The number of unbranched alkanes of at least 4 members (excludes halogenated alkanes) is 1. The molecule has 186 valence electrons. The molecule has 4 aromatic rings. The van der Waals surface area contributed by atoms with Crippen LogP contribution in [0.4, 0.5) is 0 Å². The molecule has 1 aromatic heterocycles. The Balaban J connectivity index is 1.80. The van der Waals surface area contributed by atoms with Gasteiger partial charge in [0.05, 0.1) is 29.7 Å². The van der Waals surface area contributed by atoms with Gasteiger partial charge in [-0.05, 0) is 74.2 Å². The maximum Gasteiger partial charge on any atom is 0.266 e. The monoisotopic (exact) mass is 483 g/mol. The highest BCUT2D eigenvalue weighted by Crippen LogP contribution is 2.28. The third-order valence-corrected chi connectivity index (χ3v) is 6.67. The van der Waals surface area contributed by atoms with Gasteiger partial charge in [0.2, 0.25) is 0 Å². The summed E-state index contributed by atoms with van der Waals surface area (Å²) < 4.78 is 7.18. The lowest BCUT2D eigenvalue weighted by Crippen LogP contribution is -2.35. The van der Waals surface area contributed by atoms with Crippen molar-refractivity contribution in [2.45, 2.75) is 46.1 Å². The zero-order chi connectivity index (χ0) is 25.8. The SMILES string of the molecule is CCCCc1ccc(C(=O)N(C)C(C)c2nc3ccccc3c(=O)n2-c2cc(C)ccc2OC)cc1. The van der Waals surface area contributed by atoms with E-state index in [4.69, 9.17) is 9.72 Å². The average Bonchev–Trinajstić information content (AvgIpc) is 2.91. The Bertz CT molecular complexity index is 1440. The van der Waals surface area contributed by atoms with E-state index in [1.165, 1.54) is 5.56 Å². The van der Waals surface area contributed by atoms with E-state index in [0.29, 0.717) is 33.7 Å². The van der Waals surface area contributed by atoms with Crippen LogP contribution in [0.3, 0.4) is 0 Å². The first-order valence-electron chi connectivity index (χ1n) is 12.4. The second-order valence-electron chi connectivity index (χ2n) is 9.20. The second kappa shape index (κ2) is 10.8. The van der Waals surface area contributed by atoms with Crippen molar-refractivity contribution in [2.24, 2.45) is 0 Å². The van der Waals surface area contributed by atoms with E-state index >= 15 is 0 Å². The minimum atomic E-state index is -0.486. The molecule has 0 N–H and O–H groups in total. The third-order valence-electron chi connectivity index (χ3n) is 6.67. The Morgan fingerprint density at radius 3 is 2.50 bits per heavy atom. The molecule has 0 aliphatic carbocycles. The molecule has 4 rings (SSSR count). The molecule has 0 saturated carbocycles. The van der Waals surface area contributed by atoms with Crippen LogP contribution < -0.4 is 10.3 Å². The fourth-order valence-electron chi connectivity index (χ4n) is 4.39. The van der Waals surface area contributed by atoms with Crippen molar-refractivity contribution in [1.82, 2.24) is 14.5 Å². The summed E-state index contributed by atoms with van der Waals surface area (Å²) in [7, 11) is 3.33. The van der Waals surface area contributed by atoms with Crippen molar-refractivity contribution in [3.8, 4) is 11.4 Å². The van der Waals surface area contributed by atoms with Crippen LogP contribution in [0.5, 0.6) is 5.75 Å². The van der Waals surface area contributed by atoms with Gasteiger partial charge in [-0.25, -0.2) is 4.98 Å². The number of hydrogen-bond donors (Lipinski definition) is 0. The van der Waals surface area contributed by atoms with Crippen molar-refractivity contribution >= 4 is 16.8 Å². The number of nitrogens with zero attached hydrogens (tertiary/aromatic N) is 3. The molecule has 36 heavy (non-hydrogen) atoms. The number of methoxy groups -OCH3 is 1. The van der Waals surface area contributed by atoms with E-state index in [0.717, 1.165) is 24.8 Å². The van der Waals surface area contributed by atoms with E-state index in [1.807, 2.05) is 74.5 Å². The molecule has 0 aliphatic rings. The van der Waals surface area contributed by atoms with E-state index < -0.39 is 6.04 Å². The van der Waals surface area contributed by atoms with Crippen molar-refractivity contribution in [2.75, 3.05) is 14.2 Å². The molecule has 1 amide bonds. The van der Waals surface area contributed by atoms with E-state index in [2.05, 4.69) is 6.92 Å². The molecule has 0 saturated heterocycles. The first kappa shape index (κ1) is 25.2. The topological polar surface area (TPSA) is 64.4 Å². The molecule has 1 heterocycles. The molecule has 3 aromatic carbocycles. The van der Waals surface area contributed by atoms with Gasteiger partial charge in [0.15, 0.2) is 0 Å². The first-order valence-corrected chi connectivity index (χ1v) is 12.4. The fraction of sp³-hybridized carbons (Fsp3) is 0.300. The Labute approximate surface area is 212 Å². The number of carbonyl (C=O) groups excluding carboxylic acids is 1. The summed E-state index contributed by atoms with van der Waals surface area (Å²) in [4.78, 5) is 33.7. The van der Waals surface area contributed by atoms with E-state index in [-0.39, 0.29) is 11.5 Å². The van der Waals surface area contributed by atoms with Crippen molar-refractivity contribution in [3.63, 3.8) is 0 Å². The van der Waals surface area contributed by atoms with Crippen LogP contribution in [0.25, 0.3) is 16.6 Å². The predicted octanol–water partition coefficient (Wildman–Crippen LogP) is 5.88. The van der Waals surface area contributed by atoms with Crippen molar-refractivity contribution < 1.29 is 9.53 Å². The highest BCUT2D eigenvalue weighted by atomic mass is 16.5. The Morgan fingerprint density at radius 2 is 1.81 bits per heavy atom. The van der Waals surface area contributed by atoms with Gasteiger partial charge in [0, 0.05) is 12.6 Å². The van der Waals surface area contributed by atoms with Gasteiger partial charge in [-0.2, -0.15) is 0 Å². The maximum atomic E-state index is 13.8. The number of hydrogen-bond acceptors (Lipinski definition) is 4. The van der Waals surface area contributed by atoms with E-state index in [9.17, 15) is 9.59 Å². The largest absolute Gasteiger partial charge is 0.495 e. The highest BCUT2D eigenvalue weighted by molar-refractivity contribution is 5.94. The molecule has 0 bridgehead atoms. The van der Waals surface area contributed by atoms with Gasteiger partial charge in [-0.1, -0.05) is 43.7 Å². The van der Waals surface area contributed by atoms with Gasteiger partial charge >= 0.3 is 0 Å². The number of benzene rings is 3. The van der Waals surface area contributed by atoms with Crippen LogP contribution in [-0.2, 0) is 6.42 Å². The van der Waals surface area contributed by atoms with Crippen LogP contribution in [-0.4, -0.2) is 34.5 Å². The molecule has 0 radical (unpaired) electrons. The number of aryl methyl sites for hydroxylation is 2. The van der Waals surface area contributed by atoms with Crippen LogP contribution in [0, 0.1) is 6.92 Å². The summed E-state index contributed by atoms with van der Waals surface area (Å²) in [5.41, 5.74) is 3.80. The molecule has 0 aliphatic heterocycles. The lowest BCUT2D eigenvalue weighted by molar-refractivity contribution is 0.0735. The molecular weight excluding hydrogens is 450 g/mol. The van der Waals surface area contributed by atoms with Crippen LogP contribution in [0.15, 0.2) is 71.5 Å². The molecule has 1 atom stereocenters. The number of fused-ring (bicyclic) bond motifs is 1. The van der Waals surface area contributed by atoms with Gasteiger partial charge in [-0.15, -0.1) is 0 Å². The van der Waals surface area contributed by atoms with Crippen molar-refractivity contribution in [1.29, 1.82) is 0 Å². The van der Waals surface area contributed by atoms with Crippen LogP contribution >= 0.6 is 0 Å². The zero-order valence-electron chi connectivity index (χ0n) is 21.6. The molecule has 6 nitrogen and oxygen atoms in total. The van der Waals surface area contributed by atoms with Crippen molar-refractivity contribution in [3.05, 3.63) is 99.6 Å². The Kier molecular flexibility index (Phi) is 7.53. The normalized spacial score (nSPS) is 11.9. The van der Waals surface area contributed by atoms with E-state index in [1.54, 1.807) is 29.7 Å². The summed E-state index contributed by atoms with van der Waals surface area (Å²) in [6, 6.07) is 20.3. The quantitative estimate of drug-likeness (QED) is 0.314. The zero-order valence-corrected chi connectivity index (χ0v) is 21.6. The predicted molar refractivity (Wildman–Crippen MR) is 144 cm³/mol. The van der Waals surface area contributed by atoms with Gasteiger partial charge < -0.3 is 9.64 Å². The smallest absolute Gasteiger partial charge is 0.266 e. The number of carbonyl (C=O) groups is 1. The summed E-state index contributed by atoms with van der Waals surface area (Å²) in [5.74, 6) is 0.901. The Morgan fingerprint density at radius 1 is 1.08 bits per heavy atom. The highest BCUT2D eigenvalue weighted by Gasteiger charge is 2.26. The number of aromatic nitrogens is 2. The van der Waals surface area contributed by atoms with Gasteiger partial charge in [0.25, 0.3) is 11.5 Å². The minimum Gasteiger partial charge on any atom is -0.495 e. The number of rotatable bonds is 8. The first-order chi connectivity index (χ1) is 17.3. The number of ether oxygens (including phenoxy) is 1. The van der Waals surface area contributed by atoms with Gasteiger partial charge in [-0.3, -0.25) is 14.2 Å². The van der Waals surface area contributed by atoms with Crippen LogP contribution in [0.2, 0.25) is 0 Å². The molecule has 6 heteroatoms. The molecule has 1 unspecified atom stereocenters.